The molecule has 2 heterocycles. The lowest BCUT2D eigenvalue weighted by molar-refractivity contribution is -0.117. The summed E-state index contributed by atoms with van der Waals surface area (Å²) in [5.74, 6) is -0.140. The fourth-order valence-electron chi connectivity index (χ4n) is 3.04. The van der Waals surface area contributed by atoms with Gasteiger partial charge in [0, 0.05) is 37.8 Å². The van der Waals surface area contributed by atoms with E-state index in [0.717, 1.165) is 19.5 Å². The van der Waals surface area contributed by atoms with Gasteiger partial charge < -0.3 is 19.5 Å². The molecule has 0 radical (unpaired) electrons. The number of anilines is 1. The number of morpholine rings is 1. The summed E-state index contributed by atoms with van der Waals surface area (Å²) in [7, 11) is 0. The standard InChI is InChI=1S/C20H26N4O4/c1-2-16-3-5-17(6-4-16)20(26)24(9-8-23-10-13-27-14-11-23)15-19(25)21-18-7-12-28-22-18/h3-7,12H,2,8-11,13-15H2,1H3,(H,21,22,25). The van der Waals surface area contributed by atoms with Crippen LogP contribution in [0.25, 0.3) is 0 Å². The molecule has 0 bridgehead atoms. The van der Waals surface area contributed by atoms with Gasteiger partial charge in [0.1, 0.15) is 12.8 Å². The molecule has 0 spiro atoms. The van der Waals surface area contributed by atoms with Gasteiger partial charge in [0.25, 0.3) is 5.91 Å². The molecule has 1 fully saturated rings. The van der Waals surface area contributed by atoms with E-state index in [1.54, 1.807) is 11.0 Å². The van der Waals surface area contributed by atoms with Gasteiger partial charge in [-0.1, -0.05) is 24.2 Å². The van der Waals surface area contributed by atoms with Crippen LogP contribution in [0.5, 0.6) is 0 Å². The van der Waals surface area contributed by atoms with E-state index in [0.29, 0.717) is 37.7 Å². The fourth-order valence-corrected chi connectivity index (χ4v) is 3.04. The van der Waals surface area contributed by atoms with E-state index in [-0.39, 0.29) is 18.4 Å². The quantitative estimate of drug-likeness (QED) is 0.742. The highest BCUT2D eigenvalue weighted by Crippen LogP contribution is 2.10. The number of benzene rings is 1. The van der Waals surface area contributed by atoms with E-state index in [4.69, 9.17) is 9.26 Å². The van der Waals surface area contributed by atoms with E-state index in [1.165, 1.54) is 11.8 Å². The number of carbonyl (C=O) groups is 2. The molecule has 0 saturated carbocycles. The zero-order valence-electron chi connectivity index (χ0n) is 16.1. The fraction of sp³-hybridized carbons (Fsp3) is 0.450. The number of nitrogens with one attached hydrogen (secondary N) is 1. The maximum Gasteiger partial charge on any atom is 0.254 e. The smallest absolute Gasteiger partial charge is 0.254 e. The average molecular weight is 386 g/mol. The molecule has 1 aliphatic heterocycles. The van der Waals surface area contributed by atoms with Crippen molar-refractivity contribution >= 4 is 17.6 Å². The summed E-state index contributed by atoms with van der Waals surface area (Å²) in [6.07, 6.45) is 2.29. The van der Waals surface area contributed by atoms with Crippen LogP contribution < -0.4 is 5.32 Å². The van der Waals surface area contributed by atoms with E-state index in [9.17, 15) is 9.59 Å². The Kier molecular flexibility index (Phi) is 7.16. The molecule has 0 atom stereocenters. The van der Waals surface area contributed by atoms with Crippen molar-refractivity contribution in [3.8, 4) is 0 Å². The number of aryl methyl sites for hydroxylation is 1. The van der Waals surface area contributed by atoms with Gasteiger partial charge in [-0.25, -0.2) is 0 Å². The van der Waals surface area contributed by atoms with E-state index in [2.05, 4.69) is 22.3 Å². The highest BCUT2D eigenvalue weighted by atomic mass is 16.5. The van der Waals surface area contributed by atoms with Crippen LogP contribution in [0.1, 0.15) is 22.8 Å². The van der Waals surface area contributed by atoms with Crippen molar-refractivity contribution in [1.82, 2.24) is 15.0 Å². The van der Waals surface area contributed by atoms with Crippen LogP contribution in [-0.2, 0) is 16.0 Å². The molecule has 3 rings (SSSR count). The third kappa shape index (κ3) is 5.64. The Morgan fingerprint density at radius 2 is 1.93 bits per heavy atom. The number of carbonyl (C=O) groups excluding carboxylic acids is 2. The first-order valence-corrected chi connectivity index (χ1v) is 9.54. The van der Waals surface area contributed by atoms with Gasteiger partial charge >= 0.3 is 0 Å². The Labute approximate surface area is 164 Å². The second-order valence-electron chi connectivity index (χ2n) is 6.66. The minimum absolute atomic E-state index is 0.0500. The Hall–Kier alpha value is -2.71. The Morgan fingerprint density at radius 1 is 1.18 bits per heavy atom. The van der Waals surface area contributed by atoms with Gasteiger partial charge in [-0.3, -0.25) is 14.5 Å². The van der Waals surface area contributed by atoms with Crippen molar-refractivity contribution in [2.45, 2.75) is 13.3 Å². The second-order valence-corrected chi connectivity index (χ2v) is 6.66. The SMILES string of the molecule is CCc1ccc(C(=O)N(CCN2CCOCC2)CC(=O)Nc2ccon2)cc1. The lowest BCUT2D eigenvalue weighted by atomic mass is 10.1. The third-order valence-electron chi connectivity index (χ3n) is 4.73. The monoisotopic (exact) mass is 386 g/mol. The minimum atomic E-state index is -0.311. The van der Waals surface area contributed by atoms with Gasteiger partial charge in [0.05, 0.1) is 13.2 Å². The van der Waals surface area contributed by atoms with Crippen molar-refractivity contribution in [3.63, 3.8) is 0 Å². The van der Waals surface area contributed by atoms with Gasteiger partial charge in [0.2, 0.25) is 5.91 Å². The third-order valence-corrected chi connectivity index (χ3v) is 4.73. The maximum absolute atomic E-state index is 13.0. The first-order chi connectivity index (χ1) is 13.7. The van der Waals surface area contributed by atoms with Crippen LogP contribution in [0.3, 0.4) is 0 Å². The number of hydrogen-bond donors (Lipinski definition) is 1. The molecule has 0 unspecified atom stereocenters. The zero-order chi connectivity index (χ0) is 19.8. The molecular formula is C20H26N4O4. The molecule has 8 heteroatoms. The number of hydrogen-bond acceptors (Lipinski definition) is 6. The molecule has 28 heavy (non-hydrogen) atoms. The molecule has 1 aliphatic rings. The molecule has 0 aliphatic carbocycles. The number of aromatic nitrogens is 1. The number of nitrogens with zero attached hydrogens (tertiary/aromatic N) is 3. The molecule has 1 N–H and O–H groups in total. The van der Waals surface area contributed by atoms with Crippen molar-refractivity contribution in [2.24, 2.45) is 0 Å². The molecule has 2 aromatic rings. The van der Waals surface area contributed by atoms with Gasteiger partial charge in [-0.05, 0) is 24.1 Å². The van der Waals surface area contributed by atoms with E-state index in [1.807, 2.05) is 24.3 Å². The predicted octanol–water partition coefficient (Wildman–Crippen LogP) is 1.65. The Balaban J connectivity index is 1.66. The first-order valence-electron chi connectivity index (χ1n) is 9.54. The van der Waals surface area contributed by atoms with Crippen LogP contribution in [0.2, 0.25) is 0 Å². The summed E-state index contributed by atoms with van der Waals surface area (Å²) < 4.78 is 10.1. The van der Waals surface area contributed by atoms with E-state index >= 15 is 0 Å². The predicted molar refractivity (Wildman–Crippen MR) is 104 cm³/mol. The molecule has 2 amide bonds. The molecule has 1 aromatic carbocycles. The molecule has 1 aromatic heterocycles. The Morgan fingerprint density at radius 3 is 2.57 bits per heavy atom. The molecule has 1 saturated heterocycles. The Bertz CT molecular complexity index is 755. The lowest BCUT2D eigenvalue weighted by Gasteiger charge is -2.30. The van der Waals surface area contributed by atoms with Crippen LogP contribution in [0.15, 0.2) is 41.1 Å². The first kappa shape index (κ1) is 20.0. The second kappa shape index (κ2) is 10.0. The van der Waals surface area contributed by atoms with Crippen LogP contribution in [-0.4, -0.2) is 72.7 Å². The number of amides is 2. The van der Waals surface area contributed by atoms with Crippen LogP contribution >= 0.6 is 0 Å². The largest absolute Gasteiger partial charge is 0.379 e. The molecule has 8 nitrogen and oxygen atoms in total. The van der Waals surface area contributed by atoms with Gasteiger partial charge in [0.15, 0.2) is 5.82 Å². The molecule has 150 valence electrons. The van der Waals surface area contributed by atoms with Crippen LogP contribution in [0, 0.1) is 0 Å². The highest BCUT2D eigenvalue weighted by Gasteiger charge is 2.21. The molecular weight excluding hydrogens is 360 g/mol. The number of rotatable bonds is 8. The van der Waals surface area contributed by atoms with Crippen molar-refractivity contribution < 1.29 is 18.8 Å². The van der Waals surface area contributed by atoms with Gasteiger partial charge in [-0.15, -0.1) is 0 Å². The topological polar surface area (TPSA) is 87.9 Å². The van der Waals surface area contributed by atoms with E-state index < -0.39 is 0 Å². The lowest BCUT2D eigenvalue weighted by Crippen LogP contribution is -2.45. The highest BCUT2D eigenvalue weighted by molar-refractivity contribution is 5.99. The van der Waals surface area contributed by atoms with Gasteiger partial charge in [-0.2, -0.15) is 0 Å². The minimum Gasteiger partial charge on any atom is -0.379 e. The summed E-state index contributed by atoms with van der Waals surface area (Å²) in [6, 6.07) is 9.09. The van der Waals surface area contributed by atoms with Crippen molar-refractivity contribution in [3.05, 3.63) is 47.7 Å². The zero-order valence-corrected chi connectivity index (χ0v) is 16.1. The number of ether oxygens (including phenoxy) is 1. The van der Waals surface area contributed by atoms with Crippen molar-refractivity contribution in [1.29, 1.82) is 0 Å². The summed E-state index contributed by atoms with van der Waals surface area (Å²) in [5, 5.41) is 6.32. The normalized spacial score (nSPS) is 14.6. The van der Waals surface area contributed by atoms with Crippen LogP contribution in [0.4, 0.5) is 5.82 Å². The average Bonchev–Trinajstić information content (AvgIpc) is 3.24. The summed E-state index contributed by atoms with van der Waals surface area (Å²) in [4.78, 5) is 29.2. The summed E-state index contributed by atoms with van der Waals surface area (Å²) in [5.41, 5.74) is 1.74. The summed E-state index contributed by atoms with van der Waals surface area (Å²) >= 11 is 0. The summed E-state index contributed by atoms with van der Waals surface area (Å²) in [6.45, 7) is 6.22. The van der Waals surface area contributed by atoms with Crippen molar-refractivity contribution in [2.75, 3.05) is 51.3 Å². The maximum atomic E-state index is 13.0.